The Labute approximate surface area is 123 Å². The van der Waals surface area contributed by atoms with Crippen molar-refractivity contribution in [2.75, 3.05) is 32.3 Å². The molecule has 0 bridgehead atoms. The second-order valence-electron chi connectivity index (χ2n) is 4.20. The van der Waals surface area contributed by atoms with Crippen LogP contribution in [0.2, 0.25) is 0 Å². The van der Waals surface area contributed by atoms with E-state index in [1.54, 1.807) is 12.0 Å². The molecule has 0 atom stereocenters. The highest BCUT2D eigenvalue weighted by Gasteiger charge is 2.09. The minimum atomic E-state index is -0.0990. The molecule has 0 radical (unpaired) electrons. The molecular weight excluding hydrogens is 280 g/mol. The SMILES string of the molecule is COc1ccc(C)cc1NC(=O)CSC(=S)N(C)C. The van der Waals surface area contributed by atoms with Gasteiger partial charge in [-0.05, 0) is 24.6 Å². The first-order chi connectivity index (χ1) is 8.93. The highest BCUT2D eigenvalue weighted by atomic mass is 32.2. The van der Waals surface area contributed by atoms with Gasteiger partial charge in [-0.2, -0.15) is 0 Å². The Morgan fingerprint density at radius 2 is 2.16 bits per heavy atom. The van der Waals surface area contributed by atoms with Gasteiger partial charge < -0.3 is 15.0 Å². The van der Waals surface area contributed by atoms with Crippen molar-refractivity contribution in [3.05, 3.63) is 23.8 Å². The monoisotopic (exact) mass is 298 g/mol. The van der Waals surface area contributed by atoms with Crippen LogP contribution < -0.4 is 10.1 Å². The van der Waals surface area contributed by atoms with Gasteiger partial charge in [0.1, 0.15) is 10.1 Å². The van der Waals surface area contributed by atoms with Gasteiger partial charge in [0.05, 0.1) is 18.6 Å². The zero-order valence-electron chi connectivity index (χ0n) is 11.5. The lowest BCUT2D eigenvalue weighted by atomic mass is 10.2. The first-order valence-corrected chi connectivity index (χ1v) is 7.12. The van der Waals surface area contributed by atoms with Crippen LogP contribution in [0, 0.1) is 6.92 Å². The van der Waals surface area contributed by atoms with E-state index in [1.807, 2.05) is 39.2 Å². The van der Waals surface area contributed by atoms with E-state index in [1.165, 1.54) is 11.8 Å². The maximum absolute atomic E-state index is 11.9. The van der Waals surface area contributed by atoms with E-state index in [-0.39, 0.29) is 11.7 Å². The van der Waals surface area contributed by atoms with Gasteiger partial charge in [0.15, 0.2) is 0 Å². The molecule has 0 unspecified atom stereocenters. The lowest BCUT2D eigenvalue weighted by molar-refractivity contribution is -0.113. The molecule has 6 heteroatoms. The number of nitrogens with zero attached hydrogens (tertiary/aromatic N) is 1. The summed E-state index contributed by atoms with van der Waals surface area (Å²) in [6.45, 7) is 1.96. The van der Waals surface area contributed by atoms with Gasteiger partial charge in [-0.25, -0.2) is 0 Å². The van der Waals surface area contributed by atoms with Crippen LogP contribution in [0.25, 0.3) is 0 Å². The molecule has 0 heterocycles. The Bertz CT molecular complexity index is 476. The summed E-state index contributed by atoms with van der Waals surface area (Å²) < 4.78 is 5.90. The first-order valence-electron chi connectivity index (χ1n) is 5.72. The predicted octanol–water partition coefficient (Wildman–Crippen LogP) is 2.52. The molecule has 0 aromatic heterocycles. The molecule has 1 N–H and O–H groups in total. The minimum Gasteiger partial charge on any atom is -0.495 e. The lowest BCUT2D eigenvalue weighted by Gasteiger charge is -2.13. The highest BCUT2D eigenvalue weighted by molar-refractivity contribution is 8.23. The summed E-state index contributed by atoms with van der Waals surface area (Å²) in [7, 11) is 5.30. The molecule has 104 valence electrons. The topological polar surface area (TPSA) is 41.6 Å². The third kappa shape index (κ3) is 5.08. The van der Waals surface area contributed by atoms with Crippen molar-refractivity contribution in [2.24, 2.45) is 0 Å². The normalized spacial score (nSPS) is 9.89. The van der Waals surface area contributed by atoms with Gasteiger partial charge in [-0.1, -0.05) is 30.0 Å². The average Bonchev–Trinajstić information content (AvgIpc) is 2.36. The van der Waals surface area contributed by atoms with Crippen molar-refractivity contribution in [2.45, 2.75) is 6.92 Å². The number of carbonyl (C=O) groups excluding carboxylic acids is 1. The van der Waals surface area contributed by atoms with Crippen molar-refractivity contribution in [3.8, 4) is 5.75 Å². The number of benzene rings is 1. The zero-order valence-corrected chi connectivity index (χ0v) is 13.2. The van der Waals surface area contributed by atoms with Crippen LogP contribution in [-0.4, -0.2) is 42.1 Å². The molecule has 4 nitrogen and oxygen atoms in total. The van der Waals surface area contributed by atoms with E-state index in [0.29, 0.717) is 15.8 Å². The molecule has 1 rings (SSSR count). The number of hydrogen-bond acceptors (Lipinski definition) is 4. The van der Waals surface area contributed by atoms with E-state index in [0.717, 1.165) is 5.56 Å². The number of methoxy groups -OCH3 is 1. The molecule has 1 amide bonds. The van der Waals surface area contributed by atoms with Crippen molar-refractivity contribution >= 4 is 39.9 Å². The fraction of sp³-hybridized carbons (Fsp3) is 0.385. The molecule has 0 saturated heterocycles. The van der Waals surface area contributed by atoms with Gasteiger partial charge in [-0.15, -0.1) is 0 Å². The number of nitrogens with one attached hydrogen (secondary N) is 1. The number of carbonyl (C=O) groups is 1. The molecule has 1 aromatic carbocycles. The second-order valence-corrected chi connectivity index (χ2v) is 5.81. The van der Waals surface area contributed by atoms with E-state index in [2.05, 4.69) is 5.32 Å². The summed E-state index contributed by atoms with van der Waals surface area (Å²) in [6, 6.07) is 5.65. The maximum Gasteiger partial charge on any atom is 0.234 e. The fourth-order valence-electron chi connectivity index (χ4n) is 1.36. The van der Waals surface area contributed by atoms with Crippen LogP contribution in [0.3, 0.4) is 0 Å². The van der Waals surface area contributed by atoms with Gasteiger partial charge in [0.2, 0.25) is 5.91 Å². The molecule has 0 spiro atoms. The smallest absolute Gasteiger partial charge is 0.234 e. The molecular formula is C13H18N2O2S2. The van der Waals surface area contributed by atoms with Crippen LogP contribution in [0.15, 0.2) is 18.2 Å². The van der Waals surface area contributed by atoms with Gasteiger partial charge >= 0.3 is 0 Å². The van der Waals surface area contributed by atoms with Crippen LogP contribution in [0.5, 0.6) is 5.75 Å². The fourth-order valence-corrected chi connectivity index (χ4v) is 2.12. The summed E-state index contributed by atoms with van der Waals surface area (Å²) in [6.07, 6.45) is 0. The van der Waals surface area contributed by atoms with E-state index < -0.39 is 0 Å². The van der Waals surface area contributed by atoms with Crippen molar-refractivity contribution in [1.29, 1.82) is 0 Å². The third-order valence-corrected chi connectivity index (χ3v) is 4.06. The number of amides is 1. The van der Waals surface area contributed by atoms with Crippen LogP contribution >= 0.6 is 24.0 Å². The molecule has 0 aliphatic carbocycles. The van der Waals surface area contributed by atoms with Crippen LogP contribution in [0.4, 0.5) is 5.69 Å². The predicted molar refractivity (Wildman–Crippen MR) is 85.1 cm³/mol. The molecule has 0 aliphatic rings. The van der Waals surface area contributed by atoms with E-state index in [9.17, 15) is 4.79 Å². The summed E-state index contributed by atoms with van der Waals surface area (Å²) in [5.74, 6) is 0.839. The molecule has 0 fully saturated rings. The number of anilines is 1. The molecule has 19 heavy (non-hydrogen) atoms. The maximum atomic E-state index is 11.9. The van der Waals surface area contributed by atoms with Gasteiger partial charge in [-0.3, -0.25) is 4.79 Å². The zero-order chi connectivity index (χ0) is 14.4. The minimum absolute atomic E-state index is 0.0990. The molecule has 0 aliphatic heterocycles. The average molecular weight is 298 g/mol. The summed E-state index contributed by atoms with van der Waals surface area (Å²) in [5, 5.41) is 2.83. The standard InChI is InChI=1S/C13H18N2O2S2/c1-9-5-6-11(17-4)10(7-9)14-12(16)8-19-13(18)15(2)3/h5-7H,8H2,1-4H3,(H,14,16). The van der Waals surface area contributed by atoms with Crippen molar-refractivity contribution in [3.63, 3.8) is 0 Å². The summed E-state index contributed by atoms with van der Waals surface area (Å²) >= 11 is 6.45. The number of ether oxygens (including phenoxy) is 1. The Morgan fingerprint density at radius 3 is 2.74 bits per heavy atom. The van der Waals surface area contributed by atoms with Gasteiger partial charge in [0.25, 0.3) is 0 Å². The number of thiocarbonyl (C=S) groups is 1. The Balaban J connectivity index is 2.62. The summed E-state index contributed by atoms with van der Waals surface area (Å²) in [5.41, 5.74) is 1.75. The third-order valence-electron chi connectivity index (χ3n) is 2.32. The van der Waals surface area contributed by atoms with Crippen LogP contribution in [0.1, 0.15) is 5.56 Å². The van der Waals surface area contributed by atoms with E-state index >= 15 is 0 Å². The highest BCUT2D eigenvalue weighted by Crippen LogP contribution is 2.25. The Morgan fingerprint density at radius 1 is 1.47 bits per heavy atom. The number of thioether (sulfide) groups is 1. The number of aryl methyl sites for hydroxylation is 1. The lowest BCUT2D eigenvalue weighted by Crippen LogP contribution is -2.21. The van der Waals surface area contributed by atoms with E-state index in [4.69, 9.17) is 17.0 Å². The van der Waals surface area contributed by atoms with Crippen LogP contribution in [-0.2, 0) is 4.79 Å². The van der Waals surface area contributed by atoms with Gasteiger partial charge in [0, 0.05) is 14.1 Å². The summed E-state index contributed by atoms with van der Waals surface area (Å²) in [4.78, 5) is 13.7. The van der Waals surface area contributed by atoms with Crippen molar-refractivity contribution in [1.82, 2.24) is 4.90 Å². The van der Waals surface area contributed by atoms with Crippen molar-refractivity contribution < 1.29 is 9.53 Å². The quantitative estimate of drug-likeness (QED) is 0.865. The molecule has 1 aromatic rings. The molecule has 0 saturated carbocycles. The Kier molecular flexibility index (Phi) is 6.11. The second kappa shape index (κ2) is 7.35. The Hall–Kier alpha value is -1.27. The number of hydrogen-bond donors (Lipinski definition) is 1. The first kappa shape index (κ1) is 15.8. The largest absolute Gasteiger partial charge is 0.495 e. The number of rotatable bonds is 4.